The van der Waals surface area contributed by atoms with Crippen molar-refractivity contribution in [2.24, 2.45) is 5.92 Å². The molecule has 3 rings (SSSR count). The van der Waals surface area contributed by atoms with Gasteiger partial charge in [-0.2, -0.15) is 0 Å². The molecule has 5 nitrogen and oxygen atoms in total. The second-order valence-electron chi connectivity index (χ2n) is 5.87. The van der Waals surface area contributed by atoms with Gasteiger partial charge in [0.15, 0.2) is 0 Å². The Morgan fingerprint density at radius 3 is 2.19 bits per heavy atom. The van der Waals surface area contributed by atoms with E-state index < -0.39 is 0 Å². The van der Waals surface area contributed by atoms with Crippen LogP contribution in [0.3, 0.4) is 0 Å². The summed E-state index contributed by atoms with van der Waals surface area (Å²) in [4.78, 5) is 27.4. The molecule has 2 aliphatic rings. The molecule has 2 amide bonds. The summed E-state index contributed by atoms with van der Waals surface area (Å²) in [5.41, 5.74) is 1.12. The summed E-state index contributed by atoms with van der Waals surface area (Å²) in [7, 11) is 0. The van der Waals surface area contributed by atoms with Crippen molar-refractivity contribution in [1.29, 1.82) is 0 Å². The Bertz CT molecular complexity index is 547. The molecule has 1 aliphatic heterocycles. The van der Waals surface area contributed by atoms with Gasteiger partial charge in [-0.05, 0) is 30.0 Å². The van der Waals surface area contributed by atoms with Gasteiger partial charge in [0.2, 0.25) is 11.8 Å². The molecule has 5 heteroatoms. The van der Waals surface area contributed by atoms with Gasteiger partial charge in [-0.25, -0.2) is 0 Å². The molecule has 1 N–H and O–H groups in total. The number of hydrogen-bond acceptors (Lipinski definition) is 3. The van der Waals surface area contributed by atoms with E-state index in [1.54, 1.807) is 24.0 Å². The molecule has 112 valence electrons. The normalized spacial score (nSPS) is 24.8. The van der Waals surface area contributed by atoms with Crippen molar-refractivity contribution >= 4 is 11.8 Å². The Morgan fingerprint density at radius 2 is 1.62 bits per heavy atom. The Labute approximate surface area is 124 Å². The standard InChI is InChI=1S/C16H20N2O3/c1-11(19)17-6-8-18(9-7-17)16(21)15-10-14(15)12-2-4-13(20)5-3-12/h2-5,14-15,20H,6-10H2,1H3. The summed E-state index contributed by atoms with van der Waals surface area (Å²) in [6.45, 7) is 4.11. The highest BCUT2D eigenvalue weighted by Crippen LogP contribution is 2.48. The fraction of sp³-hybridized carbons (Fsp3) is 0.500. The van der Waals surface area contributed by atoms with Crippen LogP contribution in [0.1, 0.15) is 24.8 Å². The van der Waals surface area contributed by atoms with E-state index in [1.165, 1.54) is 0 Å². The van der Waals surface area contributed by atoms with Gasteiger partial charge < -0.3 is 14.9 Å². The van der Waals surface area contributed by atoms with Crippen LogP contribution < -0.4 is 0 Å². The molecule has 0 aromatic heterocycles. The number of amides is 2. The zero-order chi connectivity index (χ0) is 15.0. The fourth-order valence-corrected chi connectivity index (χ4v) is 3.03. The van der Waals surface area contributed by atoms with E-state index in [2.05, 4.69) is 0 Å². The first kappa shape index (κ1) is 13.9. The maximum atomic E-state index is 12.5. The number of phenols is 1. The summed E-state index contributed by atoms with van der Waals surface area (Å²) in [6, 6.07) is 7.11. The summed E-state index contributed by atoms with van der Waals surface area (Å²) >= 11 is 0. The lowest BCUT2D eigenvalue weighted by Crippen LogP contribution is -2.50. The van der Waals surface area contributed by atoms with Crippen molar-refractivity contribution in [2.75, 3.05) is 26.2 Å². The van der Waals surface area contributed by atoms with E-state index in [0.29, 0.717) is 26.2 Å². The molecular formula is C16H20N2O3. The second kappa shape index (κ2) is 5.39. The van der Waals surface area contributed by atoms with E-state index in [-0.39, 0.29) is 29.4 Å². The van der Waals surface area contributed by atoms with Gasteiger partial charge in [-0.1, -0.05) is 12.1 Å². The van der Waals surface area contributed by atoms with Crippen LogP contribution >= 0.6 is 0 Å². The number of rotatable bonds is 2. The van der Waals surface area contributed by atoms with Crippen LogP contribution in [0, 0.1) is 5.92 Å². The molecule has 1 aromatic carbocycles. The molecule has 21 heavy (non-hydrogen) atoms. The molecule has 2 unspecified atom stereocenters. The number of benzene rings is 1. The molecule has 1 aromatic rings. The van der Waals surface area contributed by atoms with Gasteiger partial charge in [-0.15, -0.1) is 0 Å². The smallest absolute Gasteiger partial charge is 0.226 e. The van der Waals surface area contributed by atoms with Gasteiger partial charge in [-0.3, -0.25) is 9.59 Å². The third-order valence-electron chi connectivity index (χ3n) is 4.47. The van der Waals surface area contributed by atoms with Gasteiger partial charge in [0.05, 0.1) is 0 Å². The summed E-state index contributed by atoms with van der Waals surface area (Å²) < 4.78 is 0. The quantitative estimate of drug-likeness (QED) is 0.889. The Balaban J connectivity index is 1.56. The average Bonchev–Trinajstić information content (AvgIpc) is 3.28. The zero-order valence-electron chi connectivity index (χ0n) is 12.2. The number of carbonyl (C=O) groups excluding carboxylic acids is 2. The van der Waals surface area contributed by atoms with Crippen molar-refractivity contribution in [2.45, 2.75) is 19.3 Å². The highest BCUT2D eigenvalue weighted by atomic mass is 16.3. The van der Waals surface area contributed by atoms with Crippen LogP contribution in [0.25, 0.3) is 0 Å². The van der Waals surface area contributed by atoms with Crippen molar-refractivity contribution in [1.82, 2.24) is 9.80 Å². The Morgan fingerprint density at radius 1 is 1.05 bits per heavy atom. The summed E-state index contributed by atoms with van der Waals surface area (Å²) in [6.07, 6.45) is 0.885. The molecule has 2 atom stereocenters. The summed E-state index contributed by atoms with van der Waals surface area (Å²) in [5, 5.41) is 9.30. The van der Waals surface area contributed by atoms with E-state index in [0.717, 1.165) is 12.0 Å². The SMILES string of the molecule is CC(=O)N1CCN(C(=O)C2CC2c2ccc(O)cc2)CC1. The van der Waals surface area contributed by atoms with Crippen molar-refractivity contribution in [3.63, 3.8) is 0 Å². The highest BCUT2D eigenvalue weighted by molar-refractivity contribution is 5.83. The largest absolute Gasteiger partial charge is 0.508 e. The third kappa shape index (κ3) is 2.86. The van der Waals surface area contributed by atoms with Crippen molar-refractivity contribution in [3.8, 4) is 5.75 Å². The molecule has 2 fully saturated rings. The molecular weight excluding hydrogens is 268 g/mol. The predicted molar refractivity (Wildman–Crippen MR) is 77.8 cm³/mol. The van der Waals surface area contributed by atoms with Gasteiger partial charge in [0.1, 0.15) is 5.75 Å². The first-order valence-corrected chi connectivity index (χ1v) is 7.39. The predicted octanol–water partition coefficient (Wildman–Crippen LogP) is 1.19. The first-order valence-electron chi connectivity index (χ1n) is 7.39. The minimum absolute atomic E-state index is 0.0680. The number of hydrogen-bond donors (Lipinski definition) is 1. The molecule has 0 spiro atoms. The first-order chi connectivity index (χ1) is 10.1. The highest BCUT2D eigenvalue weighted by Gasteiger charge is 2.46. The lowest BCUT2D eigenvalue weighted by molar-refractivity contribution is -0.139. The average molecular weight is 288 g/mol. The maximum absolute atomic E-state index is 12.5. The van der Waals surface area contributed by atoms with E-state index >= 15 is 0 Å². The van der Waals surface area contributed by atoms with Crippen LogP contribution in [-0.4, -0.2) is 52.9 Å². The third-order valence-corrected chi connectivity index (χ3v) is 4.47. The Kier molecular flexibility index (Phi) is 3.57. The monoisotopic (exact) mass is 288 g/mol. The minimum Gasteiger partial charge on any atom is -0.508 e. The van der Waals surface area contributed by atoms with Crippen molar-refractivity contribution in [3.05, 3.63) is 29.8 Å². The van der Waals surface area contributed by atoms with Crippen molar-refractivity contribution < 1.29 is 14.7 Å². The van der Waals surface area contributed by atoms with Crippen LogP contribution in [0.4, 0.5) is 0 Å². The number of carbonyl (C=O) groups is 2. The molecule has 1 saturated carbocycles. The lowest BCUT2D eigenvalue weighted by Gasteiger charge is -2.34. The van der Waals surface area contributed by atoms with Crippen LogP contribution in [-0.2, 0) is 9.59 Å². The van der Waals surface area contributed by atoms with Gasteiger partial charge in [0, 0.05) is 39.0 Å². The Hall–Kier alpha value is -2.04. The maximum Gasteiger partial charge on any atom is 0.226 e. The fourth-order valence-electron chi connectivity index (χ4n) is 3.03. The van der Waals surface area contributed by atoms with E-state index in [4.69, 9.17) is 0 Å². The number of piperazine rings is 1. The van der Waals surface area contributed by atoms with E-state index in [9.17, 15) is 14.7 Å². The van der Waals surface area contributed by atoms with E-state index in [1.807, 2.05) is 17.0 Å². The van der Waals surface area contributed by atoms with Crippen LogP contribution in [0.15, 0.2) is 24.3 Å². The summed E-state index contributed by atoms with van der Waals surface area (Å²) in [5.74, 6) is 0.886. The minimum atomic E-state index is 0.0680. The molecule has 0 radical (unpaired) electrons. The molecule has 1 aliphatic carbocycles. The van der Waals surface area contributed by atoms with Crippen LogP contribution in [0.2, 0.25) is 0 Å². The topological polar surface area (TPSA) is 60.9 Å². The lowest BCUT2D eigenvalue weighted by atomic mass is 10.1. The molecule has 1 heterocycles. The number of phenolic OH excluding ortho intramolecular Hbond substituents is 1. The number of aromatic hydroxyl groups is 1. The number of nitrogens with zero attached hydrogens (tertiary/aromatic N) is 2. The zero-order valence-corrected chi connectivity index (χ0v) is 12.2. The van der Waals surface area contributed by atoms with Crippen LogP contribution in [0.5, 0.6) is 5.75 Å². The molecule has 1 saturated heterocycles. The van der Waals surface area contributed by atoms with Gasteiger partial charge >= 0.3 is 0 Å². The second-order valence-corrected chi connectivity index (χ2v) is 5.87. The molecule has 0 bridgehead atoms. The van der Waals surface area contributed by atoms with Gasteiger partial charge in [0.25, 0.3) is 0 Å².